The van der Waals surface area contributed by atoms with E-state index in [9.17, 15) is 9.59 Å². The maximum absolute atomic E-state index is 12.2. The molecule has 1 aliphatic carbocycles. The monoisotopic (exact) mass is 295 g/mol. The van der Waals surface area contributed by atoms with E-state index in [-0.39, 0.29) is 18.2 Å². The van der Waals surface area contributed by atoms with Crippen LogP contribution in [0, 0.1) is 11.8 Å². The van der Waals surface area contributed by atoms with Crippen molar-refractivity contribution in [1.82, 2.24) is 5.32 Å². The van der Waals surface area contributed by atoms with Crippen LogP contribution in [0.25, 0.3) is 0 Å². The van der Waals surface area contributed by atoms with Crippen LogP contribution in [0.1, 0.15) is 47.5 Å². The Morgan fingerprint density at radius 1 is 1.55 bits per heavy atom. The number of carboxylic acids is 1. The molecule has 2 rings (SSSR count). The van der Waals surface area contributed by atoms with Crippen LogP contribution in [-0.4, -0.2) is 23.5 Å². The second-order valence-electron chi connectivity index (χ2n) is 5.81. The zero-order valence-corrected chi connectivity index (χ0v) is 12.8. The molecular formula is C15H21NO3S. The van der Waals surface area contributed by atoms with Gasteiger partial charge in [0, 0.05) is 23.2 Å². The van der Waals surface area contributed by atoms with Gasteiger partial charge in [-0.25, -0.2) is 0 Å². The van der Waals surface area contributed by atoms with Crippen molar-refractivity contribution in [3.05, 3.63) is 21.4 Å². The average Bonchev–Trinajstić information content (AvgIpc) is 2.78. The van der Waals surface area contributed by atoms with Crippen molar-refractivity contribution in [3.8, 4) is 0 Å². The van der Waals surface area contributed by atoms with E-state index in [1.165, 1.54) is 10.4 Å². The van der Waals surface area contributed by atoms with Crippen molar-refractivity contribution in [3.63, 3.8) is 0 Å². The molecule has 0 fully saturated rings. The number of carbonyl (C=O) groups is 2. The van der Waals surface area contributed by atoms with Crippen LogP contribution in [-0.2, 0) is 17.6 Å². The number of nitrogens with one attached hydrogen (secondary N) is 1. The van der Waals surface area contributed by atoms with Crippen LogP contribution in [0.15, 0.2) is 5.38 Å². The van der Waals surface area contributed by atoms with Gasteiger partial charge in [0.15, 0.2) is 0 Å². The van der Waals surface area contributed by atoms with Gasteiger partial charge in [0.2, 0.25) is 0 Å². The molecule has 0 saturated heterocycles. The van der Waals surface area contributed by atoms with Gasteiger partial charge < -0.3 is 10.4 Å². The summed E-state index contributed by atoms with van der Waals surface area (Å²) in [5.41, 5.74) is 2.00. The largest absolute Gasteiger partial charge is 0.481 e. The molecule has 2 unspecified atom stereocenters. The van der Waals surface area contributed by atoms with Crippen molar-refractivity contribution >= 4 is 23.2 Å². The average molecular weight is 295 g/mol. The van der Waals surface area contributed by atoms with E-state index in [2.05, 4.69) is 12.2 Å². The Bertz CT molecular complexity index is 509. The SMILES string of the molecule is CC(CNC(=O)c1csc2c1CCC(C)C2)CC(=O)O. The minimum atomic E-state index is -0.825. The summed E-state index contributed by atoms with van der Waals surface area (Å²) >= 11 is 1.67. The first-order valence-electron chi connectivity index (χ1n) is 7.06. The lowest BCUT2D eigenvalue weighted by atomic mass is 9.88. The van der Waals surface area contributed by atoms with Gasteiger partial charge in [0.1, 0.15) is 0 Å². The van der Waals surface area contributed by atoms with Crippen molar-refractivity contribution in [1.29, 1.82) is 0 Å². The lowest BCUT2D eigenvalue weighted by Gasteiger charge is -2.19. The lowest BCUT2D eigenvalue weighted by Crippen LogP contribution is -2.30. The Kier molecular flexibility index (Phi) is 4.81. The fourth-order valence-corrected chi connectivity index (χ4v) is 3.84. The number of carboxylic acid groups (broad SMARTS) is 1. The van der Waals surface area contributed by atoms with Gasteiger partial charge in [-0.15, -0.1) is 11.3 Å². The van der Waals surface area contributed by atoms with Gasteiger partial charge in [-0.3, -0.25) is 9.59 Å². The number of rotatable bonds is 5. The summed E-state index contributed by atoms with van der Waals surface area (Å²) in [5.74, 6) is -0.235. The first-order valence-corrected chi connectivity index (χ1v) is 7.94. The molecule has 5 heteroatoms. The first-order chi connectivity index (χ1) is 9.47. The molecule has 0 aliphatic heterocycles. The zero-order valence-electron chi connectivity index (χ0n) is 11.9. The molecule has 4 nitrogen and oxygen atoms in total. The van der Waals surface area contributed by atoms with E-state index in [0.29, 0.717) is 12.5 Å². The molecule has 1 aromatic heterocycles. The molecule has 20 heavy (non-hydrogen) atoms. The molecule has 2 atom stereocenters. The van der Waals surface area contributed by atoms with E-state index < -0.39 is 5.97 Å². The van der Waals surface area contributed by atoms with Gasteiger partial charge >= 0.3 is 5.97 Å². The number of hydrogen-bond acceptors (Lipinski definition) is 3. The normalized spacial score (nSPS) is 19.2. The van der Waals surface area contributed by atoms with Crippen LogP contribution < -0.4 is 5.32 Å². The lowest BCUT2D eigenvalue weighted by molar-refractivity contribution is -0.137. The number of thiophene rings is 1. The summed E-state index contributed by atoms with van der Waals surface area (Å²) in [5, 5.41) is 13.5. The predicted octanol–water partition coefficient (Wildman–Crippen LogP) is 2.71. The van der Waals surface area contributed by atoms with Crippen LogP contribution in [0.4, 0.5) is 0 Å². The molecule has 0 bridgehead atoms. The van der Waals surface area contributed by atoms with Crippen molar-refractivity contribution in [2.24, 2.45) is 11.8 Å². The van der Waals surface area contributed by atoms with Gasteiger partial charge in [-0.1, -0.05) is 13.8 Å². The van der Waals surface area contributed by atoms with E-state index in [0.717, 1.165) is 24.8 Å². The van der Waals surface area contributed by atoms with E-state index >= 15 is 0 Å². The Morgan fingerprint density at radius 2 is 2.30 bits per heavy atom. The highest BCUT2D eigenvalue weighted by atomic mass is 32.1. The topological polar surface area (TPSA) is 66.4 Å². The molecule has 2 N–H and O–H groups in total. The number of hydrogen-bond donors (Lipinski definition) is 2. The minimum absolute atomic E-state index is 0.0501. The maximum atomic E-state index is 12.2. The van der Waals surface area contributed by atoms with Crippen molar-refractivity contribution in [2.75, 3.05) is 6.54 Å². The Labute approximate surface area is 123 Å². The fourth-order valence-electron chi connectivity index (χ4n) is 2.60. The fraction of sp³-hybridized carbons (Fsp3) is 0.600. The molecule has 110 valence electrons. The summed E-state index contributed by atoms with van der Waals surface area (Å²) in [7, 11) is 0. The van der Waals surface area contributed by atoms with Gasteiger partial charge in [0.25, 0.3) is 5.91 Å². The summed E-state index contributed by atoms with van der Waals surface area (Å²) in [6.45, 7) is 4.49. The maximum Gasteiger partial charge on any atom is 0.303 e. The van der Waals surface area contributed by atoms with Gasteiger partial charge in [0.05, 0.1) is 5.56 Å². The molecular weight excluding hydrogens is 274 g/mol. The number of fused-ring (bicyclic) bond motifs is 1. The standard InChI is InChI=1S/C15H21NO3S/c1-9-3-4-11-12(8-20-13(11)5-9)15(19)16-7-10(2)6-14(17)18/h8-10H,3-7H2,1-2H3,(H,16,19)(H,17,18). The van der Waals surface area contributed by atoms with Crippen molar-refractivity contribution < 1.29 is 14.7 Å². The Morgan fingerprint density at radius 3 is 3.00 bits per heavy atom. The number of carbonyl (C=O) groups excluding carboxylic acids is 1. The van der Waals surface area contributed by atoms with Crippen LogP contribution in [0.5, 0.6) is 0 Å². The van der Waals surface area contributed by atoms with Crippen LogP contribution in [0.3, 0.4) is 0 Å². The van der Waals surface area contributed by atoms with E-state index in [1.807, 2.05) is 12.3 Å². The second kappa shape index (κ2) is 6.39. The third-order valence-electron chi connectivity index (χ3n) is 3.78. The molecule has 1 aliphatic rings. The molecule has 0 saturated carbocycles. The predicted molar refractivity (Wildman–Crippen MR) is 79.3 cm³/mol. The van der Waals surface area contributed by atoms with E-state index in [4.69, 9.17) is 5.11 Å². The summed E-state index contributed by atoms with van der Waals surface area (Å²) in [4.78, 5) is 24.1. The highest BCUT2D eigenvalue weighted by Gasteiger charge is 2.23. The van der Waals surface area contributed by atoms with Gasteiger partial charge in [-0.2, -0.15) is 0 Å². The van der Waals surface area contributed by atoms with Crippen LogP contribution >= 0.6 is 11.3 Å². The molecule has 0 radical (unpaired) electrons. The number of aliphatic carboxylic acids is 1. The molecule has 1 heterocycles. The van der Waals surface area contributed by atoms with Gasteiger partial charge in [-0.05, 0) is 36.7 Å². The smallest absolute Gasteiger partial charge is 0.303 e. The summed E-state index contributed by atoms with van der Waals surface area (Å²) in [6.07, 6.45) is 3.27. The van der Waals surface area contributed by atoms with E-state index in [1.54, 1.807) is 11.3 Å². The highest BCUT2D eigenvalue weighted by Crippen LogP contribution is 2.32. The Balaban J connectivity index is 1.95. The molecule has 1 aromatic rings. The minimum Gasteiger partial charge on any atom is -0.481 e. The first kappa shape index (κ1) is 15.0. The summed E-state index contributed by atoms with van der Waals surface area (Å²) in [6, 6.07) is 0. The summed E-state index contributed by atoms with van der Waals surface area (Å²) < 4.78 is 0. The molecule has 0 aromatic carbocycles. The third-order valence-corrected chi connectivity index (χ3v) is 4.83. The quantitative estimate of drug-likeness (QED) is 0.877. The highest BCUT2D eigenvalue weighted by molar-refractivity contribution is 7.10. The second-order valence-corrected chi connectivity index (χ2v) is 6.78. The number of amides is 1. The Hall–Kier alpha value is -1.36. The molecule has 0 spiro atoms. The van der Waals surface area contributed by atoms with Crippen LogP contribution in [0.2, 0.25) is 0 Å². The zero-order chi connectivity index (χ0) is 14.7. The third kappa shape index (κ3) is 3.60. The molecule has 1 amide bonds. The van der Waals surface area contributed by atoms with Crippen molar-refractivity contribution in [2.45, 2.75) is 39.5 Å².